The predicted molar refractivity (Wildman–Crippen MR) is 110 cm³/mol. The lowest BCUT2D eigenvalue weighted by molar-refractivity contribution is 0.413. The number of H-pyrrole nitrogens is 1. The quantitative estimate of drug-likeness (QED) is 0.423. The monoisotopic (exact) mass is 381 g/mol. The van der Waals surface area contributed by atoms with Crippen molar-refractivity contribution in [3.05, 3.63) is 78.4 Å². The Morgan fingerprint density at radius 2 is 2.15 bits per heavy atom. The Kier molecular flexibility index (Phi) is 6.28. The van der Waals surface area contributed by atoms with Crippen LogP contribution in [0.3, 0.4) is 0 Å². The van der Waals surface area contributed by atoms with Crippen molar-refractivity contribution >= 4 is 28.3 Å². The summed E-state index contributed by atoms with van der Waals surface area (Å²) in [5.41, 5.74) is 2.82. The Labute approximate surface area is 163 Å². The van der Waals surface area contributed by atoms with Gasteiger partial charge >= 0.3 is 0 Å². The van der Waals surface area contributed by atoms with Crippen LogP contribution in [-0.4, -0.2) is 22.8 Å². The number of rotatable bonds is 8. The SMILES string of the molecule is C=CN=C(/C=C/Oc1ccc(OC)cc1Cl)CCc1nc2ccccc2[nH]1. The summed E-state index contributed by atoms with van der Waals surface area (Å²) in [6, 6.07) is 13.2. The molecule has 0 fully saturated rings. The lowest BCUT2D eigenvalue weighted by Gasteiger charge is -2.05. The van der Waals surface area contributed by atoms with Gasteiger partial charge in [0.05, 0.1) is 29.4 Å². The number of aliphatic imine (C=N–C) groups is 1. The molecule has 0 aliphatic carbocycles. The molecule has 0 aliphatic heterocycles. The number of nitrogens with one attached hydrogen (secondary N) is 1. The molecule has 0 atom stereocenters. The van der Waals surface area contributed by atoms with E-state index in [1.807, 2.05) is 24.3 Å². The number of aromatic amines is 1. The fourth-order valence-corrected chi connectivity index (χ4v) is 2.78. The highest BCUT2D eigenvalue weighted by Gasteiger charge is 2.05. The van der Waals surface area contributed by atoms with Crippen LogP contribution in [0.15, 0.2) is 72.6 Å². The lowest BCUT2D eigenvalue weighted by atomic mass is 10.2. The van der Waals surface area contributed by atoms with E-state index >= 15 is 0 Å². The summed E-state index contributed by atoms with van der Waals surface area (Å²) in [4.78, 5) is 12.2. The third kappa shape index (κ3) is 4.99. The van der Waals surface area contributed by atoms with Gasteiger partial charge in [-0.15, -0.1) is 0 Å². The molecule has 0 saturated carbocycles. The van der Waals surface area contributed by atoms with Gasteiger partial charge in [-0.25, -0.2) is 4.98 Å². The average molecular weight is 382 g/mol. The van der Waals surface area contributed by atoms with E-state index in [9.17, 15) is 0 Å². The number of para-hydroxylation sites is 2. The molecule has 27 heavy (non-hydrogen) atoms. The first-order chi connectivity index (χ1) is 13.2. The standard InChI is InChI=1S/C21H20ClN3O2/c1-3-23-15(8-11-21-24-18-6-4-5-7-19(18)25-21)12-13-27-20-10-9-16(26-2)14-17(20)22/h3-7,9-10,12-14H,1,8,11H2,2H3,(H,24,25)/b13-12+,23-15?. The van der Waals surface area contributed by atoms with E-state index in [1.54, 1.807) is 37.6 Å². The van der Waals surface area contributed by atoms with Gasteiger partial charge < -0.3 is 14.5 Å². The van der Waals surface area contributed by atoms with Crippen molar-refractivity contribution in [2.75, 3.05) is 7.11 Å². The van der Waals surface area contributed by atoms with E-state index in [-0.39, 0.29) is 0 Å². The van der Waals surface area contributed by atoms with E-state index in [0.29, 0.717) is 22.9 Å². The number of benzene rings is 2. The Bertz CT molecular complexity index is 959. The van der Waals surface area contributed by atoms with Crippen LogP contribution >= 0.6 is 11.6 Å². The highest BCUT2D eigenvalue weighted by molar-refractivity contribution is 6.32. The van der Waals surface area contributed by atoms with Gasteiger partial charge in [-0.2, -0.15) is 0 Å². The topological polar surface area (TPSA) is 59.5 Å². The van der Waals surface area contributed by atoms with Gasteiger partial charge in [0, 0.05) is 24.4 Å². The zero-order chi connectivity index (χ0) is 19.1. The second-order valence-electron chi connectivity index (χ2n) is 5.72. The summed E-state index contributed by atoms with van der Waals surface area (Å²) in [5, 5.41) is 0.475. The molecule has 0 aliphatic rings. The molecule has 1 aromatic heterocycles. The number of aryl methyl sites for hydroxylation is 1. The van der Waals surface area contributed by atoms with Crippen LogP contribution < -0.4 is 9.47 Å². The van der Waals surface area contributed by atoms with E-state index in [0.717, 1.165) is 29.0 Å². The van der Waals surface area contributed by atoms with E-state index in [1.165, 1.54) is 6.20 Å². The molecule has 0 amide bonds. The molecule has 0 unspecified atom stereocenters. The van der Waals surface area contributed by atoms with Crippen LogP contribution in [0.4, 0.5) is 0 Å². The maximum absolute atomic E-state index is 6.17. The first kappa shape index (κ1) is 18.7. The average Bonchev–Trinajstić information content (AvgIpc) is 3.10. The van der Waals surface area contributed by atoms with Crippen LogP contribution in [0.2, 0.25) is 5.02 Å². The van der Waals surface area contributed by atoms with E-state index in [2.05, 4.69) is 21.5 Å². The van der Waals surface area contributed by atoms with Crippen LogP contribution in [0.1, 0.15) is 12.2 Å². The first-order valence-electron chi connectivity index (χ1n) is 8.47. The van der Waals surface area contributed by atoms with Crippen molar-refractivity contribution in [1.29, 1.82) is 0 Å². The van der Waals surface area contributed by atoms with Gasteiger partial charge in [-0.05, 0) is 36.8 Å². The van der Waals surface area contributed by atoms with Gasteiger partial charge in [-0.3, -0.25) is 4.99 Å². The minimum Gasteiger partial charge on any atom is -0.497 e. The molecule has 0 saturated heterocycles. The third-order valence-electron chi connectivity index (χ3n) is 3.91. The molecular weight excluding hydrogens is 362 g/mol. The van der Waals surface area contributed by atoms with Crippen molar-refractivity contribution < 1.29 is 9.47 Å². The number of hydrogen-bond donors (Lipinski definition) is 1. The molecule has 6 heteroatoms. The number of halogens is 1. The molecule has 1 N–H and O–H groups in total. The zero-order valence-corrected chi connectivity index (χ0v) is 15.7. The van der Waals surface area contributed by atoms with Crippen molar-refractivity contribution in [3.63, 3.8) is 0 Å². The van der Waals surface area contributed by atoms with E-state index in [4.69, 9.17) is 21.1 Å². The molecule has 0 spiro atoms. The van der Waals surface area contributed by atoms with Gasteiger partial charge in [0.2, 0.25) is 0 Å². The van der Waals surface area contributed by atoms with Crippen LogP contribution in [0, 0.1) is 0 Å². The van der Waals surface area contributed by atoms with Gasteiger partial charge in [0.25, 0.3) is 0 Å². The van der Waals surface area contributed by atoms with Crippen molar-refractivity contribution in [3.8, 4) is 11.5 Å². The summed E-state index contributed by atoms with van der Waals surface area (Å²) in [5.74, 6) is 2.14. The summed E-state index contributed by atoms with van der Waals surface area (Å²) >= 11 is 6.17. The van der Waals surface area contributed by atoms with Crippen LogP contribution in [-0.2, 0) is 6.42 Å². The summed E-state index contributed by atoms with van der Waals surface area (Å²) in [7, 11) is 1.59. The predicted octanol–water partition coefficient (Wildman–Crippen LogP) is 5.33. The zero-order valence-electron chi connectivity index (χ0n) is 15.0. The normalized spacial score (nSPS) is 11.9. The number of hydrogen-bond acceptors (Lipinski definition) is 4. The second kappa shape index (κ2) is 9.05. The van der Waals surface area contributed by atoms with Crippen LogP contribution in [0.5, 0.6) is 11.5 Å². The molecule has 5 nitrogen and oxygen atoms in total. The number of aromatic nitrogens is 2. The molecule has 138 valence electrons. The molecular formula is C21H20ClN3O2. The number of ether oxygens (including phenoxy) is 2. The number of fused-ring (bicyclic) bond motifs is 1. The van der Waals surface area contributed by atoms with E-state index < -0.39 is 0 Å². The molecule has 0 radical (unpaired) electrons. The largest absolute Gasteiger partial charge is 0.497 e. The minimum absolute atomic E-state index is 0.475. The fraction of sp³-hybridized carbons (Fsp3) is 0.143. The number of methoxy groups -OCH3 is 1. The summed E-state index contributed by atoms with van der Waals surface area (Å²) in [6.45, 7) is 3.67. The number of imidazole rings is 1. The number of allylic oxidation sites excluding steroid dienone is 1. The van der Waals surface area contributed by atoms with Crippen molar-refractivity contribution in [2.24, 2.45) is 4.99 Å². The highest BCUT2D eigenvalue weighted by atomic mass is 35.5. The second-order valence-corrected chi connectivity index (χ2v) is 6.13. The molecule has 3 aromatic rings. The molecule has 2 aromatic carbocycles. The Hall–Kier alpha value is -3.05. The van der Waals surface area contributed by atoms with Crippen LogP contribution in [0.25, 0.3) is 11.0 Å². The van der Waals surface area contributed by atoms with Gasteiger partial charge in [-0.1, -0.05) is 30.3 Å². The Morgan fingerprint density at radius 3 is 2.89 bits per heavy atom. The minimum atomic E-state index is 0.475. The fourth-order valence-electron chi connectivity index (χ4n) is 2.57. The third-order valence-corrected chi connectivity index (χ3v) is 4.20. The van der Waals surface area contributed by atoms with Crippen molar-refractivity contribution in [2.45, 2.75) is 12.8 Å². The molecule has 3 rings (SSSR count). The van der Waals surface area contributed by atoms with Crippen molar-refractivity contribution in [1.82, 2.24) is 9.97 Å². The van der Waals surface area contributed by atoms with Gasteiger partial charge in [0.1, 0.15) is 17.3 Å². The summed E-state index contributed by atoms with van der Waals surface area (Å²) in [6.07, 6.45) is 6.30. The maximum atomic E-state index is 6.17. The highest BCUT2D eigenvalue weighted by Crippen LogP contribution is 2.28. The molecule has 1 heterocycles. The smallest absolute Gasteiger partial charge is 0.145 e. The first-order valence-corrected chi connectivity index (χ1v) is 8.85. The van der Waals surface area contributed by atoms with Gasteiger partial charge in [0.15, 0.2) is 0 Å². The Morgan fingerprint density at radius 1 is 1.30 bits per heavy atom. The lowest BCUT2D eigenvalue weighted by Crippen LogP contribution is -1.99. The Balaban J connectivity index is 1.62. The maximum Gasteiger partial charge on any atom is 0.145 e. The number of nitrogens with zero attached hydrogens (tertiary/aromatic N) is 2. The molecule has 0 bridgehead atoms. The summed E-state index contributed by atoms with van der Waals surface area (Å²) < 4.78 is 10.7.